The van der Waals surface area contributed by atoms with Gasteiger partial charge in [0, 0.05) is 6.42 Å². The molecule has 1 amide bonds. The van der Waals surface area contributed by atoms with Crippen molar-refractivity contribution in [2.24, 2.45) is 0 Å². The zero-order valence-electron chi connectivity index (χ0n) is 8.06. The summed E-state index contributed by atoms with van der Waals surface area (Å²) in [6.45, 7) is 3.10. The van der Waals surface area contributed by atoms with E-state index in [9.17, 15) is 14.0 Å². The van der Waals surface area contributed by atoms with Gasteiger partial charge in [-0.1, -0.05) is 12.7 Å². The van der Waals surface area contributed by atoms with Crippen LogP contribution in [0.5, 0.6) is 0 Å². The van der Waals surface area contributed by atoms with Gasteiger partial charge in [0.15, 0.2) is 0 Å². The first-order valence-corrected chi connectivity index (χ1v) is 4.47. The third-order valence-corrected chi connectivity index (χ3v) is 2.09. The molecule has 1 saturated heterocycles. The molecule has 1 aliphatic heterocycles. The summed E-state index contributed by atoms with van der Waals surface area (Å²) in [6, 6.07) is -1.13. The Morgan fingerprint density at radius 2 is 2.33 bits per heavy atom. The second-order valence-corrected chi connectivity index (χ2v) is 3.20. The summed E-state index contributed by atoms with van der Waals surface area (Å²) >= 11 is 0. The fraction of sp³-hybridized carbons (Fsp3) is 0.556. The summed E-state index contributed by atoms with van der Waals surface area (Å²) in [5.41, 5.74) is 0. The molecule has 0 radical (unpaired) electrons. The van der Waals surface area contributed by atoms with Crippen molar-refractivity contribution in [1.29, 1.82) is 0 Å². The standard InChI is InChI=1S/C9H12FNO4/c1-2-3-15-9(14)11-5-6(10)4-7(11)8(12)13/h2,6-7H,1,3-5H2,(H,12,13)/t6-,7+/m1/s1. The molecule has 0 spiro atoms. The van der Waals surface area contributed by atoms with Crippen LogP contribution in [-0.4, -0.2) is 47.4 Å². The van der Waals surface area contributed by atoms with Crippen molar-refractivity contribution in [1.82, 2.24) is 4.90 Å². The lowest BCUT2D eigenvalue weighted by molar-refractivity contribution is -0.141. The Labute approximate surface area is 86.1 Å². The molecule has 0 bridgehead atoms. The number of rotatable bonds is 3. The van der Waals surface area contributed by atoms with Crippen LogP contribution in [0.1, 0.15) is 6.42 Å². The second kappa shape index (κ2) is 4.77. The molecule has 5 nitrogen and oxygen atoms in total. The summed E-state index contributed by atoms with van der Waals surface area (Å²) < 4.78 is 17.6. The van der Waals surface area contributed by atoms with E-state index in [0.717, 1.165) is 4.90 Å². The molecule has 1 aliphatic rings. The predicted octanol–water partition coefficient (Wildman–Crippen LogP) is 0.806. The van der Waals surface area contributed by atoms with E-state index in [4.69, 9.17) is 5.11 Å². The number of carbonyl (C=O) groups is 2. The highest BCUT2D eigenvalue weighted by Crippen LogP contribution is 2.21. The Balaban J connectivity index is 2.62. The molecular weight excluding hydrogens is 205 g/mol. The number of hydrogen-bond acceptors (Lipinski definition) is 3. The summed E-state index contributed by atoms with van der Waals surface area (Å²) in [5, 5.41) is 8.74. The molecule has 0 aromatic carbocycles. The number of nitrogens with zero attached hydrogens (tertiary/aromatic N) is 1. The highest BCUT2D eigenvalue weighted by atomic mass is 19.1. The zero-order chi connectivity index (χ0) is 11.4. The van der Waals surface area contributed by atoms with Crippen LogP contribution in [-0.2, 0) is 9.53 Å². The van der Waals surface area contributed by atoms with E-state index >= 15 is 0 Å². The van der Waals surface area contributed by atoms with E-state index in [0.29, 0.717) is 0 Å². The zero-order valence-corrected chi connectivity index (χ0v) is 8.06. The number of carboxylic acids is 1. The van der Waals surface area contributed by atoms with Gasteiger partial charge in [-0.3, -0.25) is 4.90 Å². The van der Waals surface area contributed by atoms with Crippen LogP contribution < -0.4 is 0 Å². The van der Waals surface area contributed by atoms with Gasteiger partial charge in [0.2, 0.25) is 0 Å². The van der Waals surface area contributed by atoms with Gasteiger partial charge in [-0.2, -0.15) is 0 Å². The molecule has 1 fully saturated rings. The number of carbonyl (C=O) groups excluding carboxylic acids is 1. The normalized spacial score (nSPS) is 25.0. The molecule has 0 aliphatic carbocycles. The van der Waals surface area contributed by atoms with Crippen molar-refractivity contribution in [2.75, 3.05) is 13.2 Å². The van der Waals surface area contributed by atoms with Gasteiger partial charge in [-0.05, 0) is 0 Å². The molecular formula is C9H12FNO4. The van der Waals surface area contributed by atoms with Crippen LogP contribution in [0.15, 0.2) is 12.7 Å². The lowest BCUT2D eigenvalue weighted by atomic mass is 10.2. The van der Waals surface area contributed by atoms with Gasteiger partial charge in [0.05, 0.1) is 6.54 Å². The fourth-order valence-corrected chi connectivity index (χ4v) is 1.43. The van der Waals surface area contributed by atoms with E-state index in [1.165, 1.54) is 6.08 Å². The summed E-state index contributed by atoms with van der Waals surface area (Å²) in [5.74, 6) is -1.22. The number of ether oxygens (including phenoxy) is 1. The van der Waals surface area contributed by atoms with Crippen LogP contribution in [0.3, 0.4) is 0 Å². The quantitative estimate of drug-likeness (QED) is 0.710. The first-order valence-electron chi connectivity index (χ1n) is 4.47. The van der Waals surface area contributed by atoms with Crippen LogP contribution >= 0.6 is 0 Å². The number of halogens is 1. The Bertz CT molecular complexity index is 281. The van der Waals surface area contributed by atoms with E-state index < -0.39 is 24.3 Å². The number of likely N-dealkylation sites (tertiary alicyclic amines) is 1. The molecule has 2 atom stereocenters. The minimum absolute atomic E-state index is 0.0153. The third kappa shape index (κ3) is 2.68. The third-order valence-electron chi connectivity index (χ3n) is 2.09. The van der Waals surface area contributed by atoms with E-state index in [1.54, 1.807) is 0 Å². The van der Waals surface area contributed by atoms with Gasteiger partial charge in [0.1, 0.15) is 18.8 Å². The Morgan fingerprint density at radius 1 is 1.67 bits per heavy atom. The SMILES string of the molecule is C=CCOC(=O)N1C[C@H](F)C[C@H]1C(=O)O. The number of amides is 1. The monoisotopic (exact) mass is 217 g/mol. The summed E-state index contributed by atoms with van der Waals surface area (Å²) in [7, 11) is 0. The van der Waals surface area contributed by atoms with Gasteiger partial charge >= 0.3 is 12.1 Å². The predicted molar refractivity (Wildman–Crippen MR) is 49.2 cm³/mol. The smallest absolute Gasteiger partial charge is 0.410 e. The Morgan fingerprint density at radius 3 is 2.87 bits per heavy atom. The van der Waals surface area contributed by atoms with Gasteiger partial charge in [0.25, 0.3) is 0 Å². The molecule has 84 valence electrons. The van der Waals surface area contributed by atoms with E-state index in [-0.39, 0.29) is 19.6 Å². The van der Waals surface area contributed by atoms with Gasteiger partial charge in [-0.25, -0.2) is 14.0 Å². The minimum atomic E-state index is -1.30. The van der Waals surface area contributed by atoms with E-state index in [2.05, 4.69) is 11.3 Å². The average molecular weight is 217 g/mol. The first kappa shape index (κ1) is 11.5. The molecule has 1 heterocycles. The topological polar surface area (TPSA) is 66.8 Å². The maximum Gasteiger partial charge on any atom is 0.410 e. The minimum Gasteiger partial charge on any atom is -0.480 e. The number of hydrogen-bond donors (Lipinski definition) is 1. The average Bonchev–Trinajstić information content (AvgIpc) is 2.57. The molecule has 15 heavy (non-hydrogen) atoms. The van der Waals surface area contributed by atoms with Crippen LogP contribution in [0, 0.1) is 0 Å². The molecule has 0 saturated carbocycles. The largest absolute Gasteiger partial charge is 0.480 e. The highest BCUT2D eigenvalue weighted by Gasteiger charge is 2.40. The van der Waals surface area contributed by atoms with Crippen molar-refractivity contribution in [3.05, 3.63) is 12.7 Å². The van der Waals surface area contributed by atoms with Crippen molar-refractivity contribution in [3.63, 3.8) is 0 Å². The molecule has 1 rings (SSSR count). The fourth-order valence-electron chi connectivity index (χ4n) is 1.43. The lowest BCUT2D eigenvalue weighted by Crippen LogP contribution is -2.40. The van der Waals surface area contributed by atoms with Crippen molar-refractivity contribution in [2.45, 2.75) is 18.6 Å². The maximum atomic E-state index is 12.9. The lowest BCUT2D eigenvalue weighted by Gasteiger charge is -2.19. The van der Waals surface area contributed by atoms with E-state index in [1.807, 2.05) is 0 Å². The molecule has 6 heteroatoms. The highest BCUT2D eigenvalue weighted by molar-refractivity contribution is 5.80. The number of carboxylic acid groups (broad SMARTS) is 1. The molecule has 0 unspecified atom stereocenters. The summed E-state index contributed by atoms with van der Waals surface area (Å²) in [4.78, 5) is 22.9. The van der Waals surface area contributed by atoms with Crippen molar-refractivity contribution in [3.8, 4) is 0 Å². The second-order valence-electron chi connectivity index (χ2n) is 3.20. The van der Waals surface area contributed by atoms with Crippen molar-refractivity contribution >= 4 is 12.1 Å². The van der Waals surface area contributed by atoms with Crippen LogP contribution in [0.25, 0.3) is 0 Å². The van der Waals surface area contributed by atoms with Crippen LogP contribution in [0.4, 0.5) is 9.18 Å². The maximum absolute atomic E-state index is 12.9. The summed E-state index contributed by atoms with van der Waals surface area (Å²) in [6.07, 6.45) is -0.945. The number of alkyl halides is 1. The van der Waals surface area contributed by atoms with Gasteiger partial charge < -0.3 is 9.84 Å². The molecule has 1 N–H and O–H groups in total. The molecule has 0 aromatic rings. The first-order chi connectivity index (χ1) is 7.06. The Hall–Kier alpha value is -1.59. The Kier molecular flexibility index (Phi) is 3.65. The molecule has 0 aromatic heterocycles. The van der Waals surface area contributed by atoms with Crippen LogP contribution in [0.2, 0.25) is 0 Å². The van der Waals surface area contributed by atoms with Gasteiger partial charge in [-0.15, -0.1) is 0 Å². The number of aliphatic carboxylic acids is 1. The van der Waals surface area contributed by atoms with Crippen molar-refractivity contribution < 1.29 is 23.8 Å².